The summed E-state index contributed by atoms with van der Waals surface area (Å²) in [4.78, 5) is 22.0. The summed E-state index contributed by atoms with van der Waals surface area (Å²) in [5, 5.41) is 11.3. The number of rotatable bonds is 5. The molecule has 4 heterocycles. The zero-order chi connectivity index (χ0) is 23.4. The third-order valence-corrected chi connectivity index (χ3v) is 6.63. The number of amides is 1. The van der Waals surface area contributed by atoms with Crippen molar-refractivity contribution < 1.29 is 9.18 Å². The van der Waals surface area contributed by atoms with E-state index in [-0.39, 0.29) is 5.56 Å². The first-order valence-corrected chi connectivity index (χ1v) is 11.5. The molecule has 172 valence electrons. The van der Waals surface area contributed by atoms with Crippen LogP contribution in [0.4, 0.5) is 10.2 Å². The number of carbonyl (C=O) groups is 1. The number of nitrogens with zero attached hydrogens (tertiary/aromatic N) is 6. The molecular weight excluding hydrogens is 433 g/mol. The van der Waals surface area contributed by atoms with Gasteiger partial charge in [0.15, 0.2) is 5.82 Å². The van der Waals surface area contributed by atoms with Crippen molar-refractivity contribution in [2.45, 2.75) is 51.5 Å². The van der Waals surface area contributed by atoms with Gasteiger partial charge in [0, 0.05) is 24.6 Å². The Morgan fingerprint density at radius 1 is 1.18 bits per heavy atom. The average Bonchev–Trinajstić information content (AvgIpc) is 3.23. The molecule has 1 saturated carbocycles. The molecule has 3 aromatic heterocycles. The van der Waals surface area contributed by atoms with Crippen LogP contribution < -0.4 is 5.32 Å². The molecule has 0 bridgehead atoms. The van der Waals surface area contributed by atoms with E-state index >= 15 is 0 Å². The second-order valence-corrected chi connectivity index (χ2v) is 9.18. The van der Waals surface area contributed by atoms with E-state index in [1.165, 1.54) is 6.07 Å². The maximum atomic E-state index is 14.8. The third kappa shape index (κ3) is 3.57. The number of aromatic nitrogens is 6. The van der Waals surface area contributed by atoms with E-state index < -0.39 is 11.7 Å². The first-order valence-electron chi connectivity index (χ1n) is 11.5. The lowest BCUT2D eigenvalue weighted by atomic mass is 10.1. The number of carbonyl (C=O) groups excluding carboxylic acids is 1. The highest BCUT2D eigenvalue weighted by molar-refractivity contribution is 6.04. The van der Waals surface area contributed by atoms with Gasteiger partial charge in [-0.3, -0.25) is 4.79 Å². The number of anilines is 1. The van der Waals surface area contributed by atoms with Crippen LogP contribution in [0.1, 0.15) is 65.5 Å². The van der Waals surface area contributed by atoms with Crippen molar-refractivity contribution in [2.75, 3.05) is 5.32 Å². The molecule has 4 aromatic rings. The topological polar surface area (TPSA) is 90.5 Å². The Labute approximate surface area is 195 Å². The highest BCUT2D eigenvalue weighted by Gasteiger charge is 2.27. The van der Waals surface area contributed by atoms with E-state index in [4.69, 9.17) is 0 Å². The first kappa shape index (κ1) is 20.7. The minimum absolute atomic E-state index is 0.0494. The molecule has 34 heavy (non-hydrogen) atoms. The first-order chi connectivity index (χ1) is 16.5. The van der Waals surface area contributed by atoms with Gasteiger partial charge in [0.25, 0.3) is 5.91 Å². The zero-order valence-corrected chi connectivity index (χ0v) is 19.0. The lowest BCUT2D eigenvalue weighted by Gasteiger charge is -2.12. The fourth-order valence-corrected chi connectivity index (χ4v) is 4.53. The average molecular weight is 458 g/mol. The Kier molecular flexibility index (Phi) is 4.79. The van der Waals surface area contributed by atoms with Crippen molar-refractivity contribution in [1.29, 1.82) is 0 Å². The van der Waals surface area contributed by atoms with Crippen LogP contribution in [0.25, 0.3) is 17.2 Å². The predicted molar refractivity (Wildman–Crippen MR) is 124 cm³/mol. The molecule has 1 unspecified atom stereocenters. The number of fused-ring (bicyclic) bond motifs is 1. The van der Waals surface area contributed by atoms with Gasteiger partial charge in [0.2, 0.25) is 0 Å². The molecule has 1 aliphatic heterocycles. The monoisotopic (exact) mass is 457 g/mol. The maximum Gasteiger partial charge on any atom is 0.259 e. The highest BCUT2D eigenvalue weighted by Crippen LogP contribution is 2.39. The van der Waals surface area contributed by atoms with E-state index in [9.17, 15) is 9.18 Å². The third-order valence-electron chi connectivity index (χ3n) is 6.63. The molecule has 9 heteroatoms. The number of halogens is 1. The van der Waals surface area contributed by atoms with Crippen molar-refractivity contribution >= 4 is 11.7 Å². The standard InChI is InChI=1S/C25H24FN7O/c1-14-8-9-33-23(14)30-31-24(33)19-4-3-5-22(28-19)29-25(34)17-11-21(15(2)10-18(17)26)32-12-20(27-13-32)16-6-7-16/h3-5,10-14,16H,6-9H2,1-2H3,(H,28,29,34). The maximum absolute atomic E-state index is 14.8. The van der Waals surface area contributed by atoms with Crippen molar-refractivity contribution in [2.24, 2.45) is 0 Å². The lowest BCUT2D eigenvalue weighted by Crippen LogP contribution is -2.16. The normalized spacial score (nSPS) is 17.1. The van der Waals surface area contributed by atoms with Crippen LogP contribution in [0.15, 0.2) is 42.9 Å². The molecule has 1 N–H and O–H groups in total. The SMILES string of the molecule is Cc1cc(F)c(C(=O)Nc2cccc(-c3nnc4n3CCC4C)n2)cc1-n1cnc(C2CC2)c1. The second kappa shape index (κ2) is 7.86. The van der Waals surface area contributed by atoms with Crippen LogP contribution in [-0.2, 0) is 6.54 Å². The molecule has 1 aromatic carbocycles. The summed E-state index contributed by atoms with van der Waals surface area (Å²) in [5.74, 6) is 1.67. The van der Waals surface area contributed by atoms with E-state index in [2.05, 4.69) is 37.0 Å². The number of hydrogen-bond donors (Lipinski definition) is 1. The predicted octanol–water partition coefficient (Wildman–Crippen LogP) is 4.61. The van der Waals surface area contributed by atoms with E-state index in [0.29, 0.717) is 29.2 Å². The van der Waals surface area contributed by atoms with Crippen molar-refractivity contribution in [3.05, 3.63) is 71.3 Å². The molecule has 1 aliphatic carbocycles. The Bertz CT molecular complexity index is 1420. The number of nitrogens with one attached hydrogen (secondary N) is 1. The van der Waals surface area contributed by atoms with E-state index in [1.807, 2.05) is 23.8 Å². The Morgan fingerprint density at radius 3 is 2.85 bits per heavy atom. The number of imidazole rings is 1. The van der Waals surface area contributed by atoms with Crippen molar-refractivity contribution in [1.82, 2.24) is 29.3 Å². The molecule has 0 spiro atoms. The summed E-state index contributed by atoms with van der Waals surface area (Å²) >= 11 is 0. The molecule has 0 radical (unpaired) electrons. The summed E-state index contributed by atoms with van der Waals surface area (Å²) in [6.45, 7) is 4.78. The van der Waals surface area contributed by atoms with Crippen LogP contribution >= 0.6 is 0 Å². The Hall–Kier alpha value is -3.88. The van der Waals surface area contributed by atoms with Gasteiger partial charge in [-0.1, -0.05) is 13.0 Å². The van der Waals surface area contributed by atoms with Crippen molar-refractivity contribution in [3.8, 4) is 17.2 Å². The van der Waals surface area contributed by atoms with Gasteiger partial charge >= 0.3 is 0 Å². The van der Waals surface area contributed by atoms with Gasteiger partial charge in [0.1, 0.15) is 23.2 Å². The van der Waals surface area contributed by atoms with Gasteiger partial charge in [-0.15, -0.1) is 10.2 Å². The molecule has 0 saturated heterocycles. The Morgan fingerprint density at radius 2 is 2.03 bits per heavy atom. The number of pyridine rings is 1. The molecule has 1 atom stereocenters. The number of hydrogen-bond acceptors (Lipinski definition) is 5. The molecule has 6 rings (SSSR count). The highest BCUT2D eigenvalue weighted by atomic mass is 19.1. The lowest BCUT2D eigenvalue weighted by molar-refractivity contribution is 0.102. The van der Waals surface area contributed by atoms with Gasteiger partial charge in [-0.2, -0.15) is 0 Å². The minimum Gasteiger partial charge on any atom is -0.309 e. The Balaban J connectivity index is 1.28. The fourth-order valence-electron chi connectivity index (χ4n) is 4.53. The van der Waals surface area contributed by atoms with Crippen LogP contribution in [-0.4, -0.2) is 35.2 Å². The molecule has 1 fully saturated rings. The summed E-state index contributed by atoms with van der Waals surface area (Å²) in [5.41, 5.74) is 3.04. The molecule has 1 amide bonds. The van der Waals surface area contributed by atoms with E-state index in [1.54, 1.807) is 24.5 Å². The summed E-state index contributed by atoms with van der Waals surface area (Å²) in [7, 11) is 0. The van der Waals surface area contributed by atoms with Crippen LogP contribution in [0.5, 0.6) is 0 Å². The largest absolute Gasteiger partial charge is 0.309 e. The van der Waals surface area contributed by atoms with Crippen molar-refractivity contribution in [3.63, 3.8) is 0 Å². The second-order valence-electron chi connectivity index (χ2n) is 9.18. The van der Waals surface area contributed by atoms with Crippen LogP contribution in [0, 0.1) is 12.7 Å². The van der Waals surface area contributed by atoms with E-state index in [0.717, 1.165) is 48.6 Å². The van der Waals surface area contributed by atoms with Gasteiger partial charge in [-0.25, -0.2) is 14.4 Å². The van der Waals surface area contributed by atoms with Crippen LogP contribution in [0.2, 0.25) is 0 Å². The number of aryl methyl sites for hydroxylation is 1. The van der Waals surface area contributed by atoms with Gasteiger partial charge < -0.3 is 14.5 Å². The summed E-state index contributed by atoms with van der Waals surface area (Å²) in [6.07, 6.45) is 6.99. The summed E-state index contributed by atoms with van der Waals surface area (Å²) in [6, 6.07) is 8.24. The van der Waals surface area contributed by atoms with Crippen LogP contribution in [0.3, 0.4) is 0 Å². The fraction of sp³-hybridized carbons (Fsp3) is 0.320. The van der Waals surface area contributed by atoms with Gasteiger partial charge in [0.05, 0.1) is 23.3 Å². The quantitative estimate of drug-likeness (QED) is 0.473. The molecular formula is C25H24FN7O. The van der Waals surface area contributed by atoms with Gasteiger partial charge in [-0.05, 0) is 56.0 Å². The summed E-state index contributed by atoms with van der Waals surface area (Å²) < 4.78 is 18.7. The zero-order valence-electron chi connectivity index (χ0n) is 19.0. The molecule has 2 aliphatic rings. The number of benzene rings is 1. The minimum atomic E-state index is -0.582. The smallest absolute Gasteiger partial charge is 0.259 e. The molecule has 8 nitrogen and oxygen atoms in total.